The fourth-order valence-corrected chi connectivity index (χ4v) is 5.17. The Morgan fingerprint density at radius 1 is 1.22 bits per heavy atom. The van der Waals surface area contributed by atoms with Crippen molar-refractivity contribution < 1.29 is 4.74 Å². The van der Waals surface area contributed by atoms with Crippen LogP contribution in [-0.4, -0.2) is 47.2 Å². The molecule has 0 saturated carbocycles. The van der Waals surface area contributed by atoms with Crippen molar-refractivity contribution >= 4 is 16.4 Å². The SMILES string of the molecule is Cc1c(-c2cc(OC(C)c3cncc4c3ccn4C)c3c(C#N)cnn3c2)nnn1C1CCNCC1. The summed E-state index contributed by atoms with van der Waals surface area (Å²) in [5.41, 5.74) is 5.72. The number of rotatable bonds is 5. The van der Waals surface area contributed by atoms with Gasteiger partial charge in [-0.05, 0) is 51.9 Å². The summed E-state index contributed by atoms with van der Waals surface area (Å²) < 4.78 is 12.3. The Hall–Kier alpha value is -4.23. The molecule has 1 N–H and O–H groups in total. The van der Waals surface area contributed by atoms with E-state index in [2.05, 4.69) is 44.8 Å². The highest BCUT2D eigenvalue weighted by molar-refractivity contribution is 5.83. The lowest BCUT2D eigenvalue weighted by atomic mass is 10.1. The van der Waals surface area contributed by atoms with Crippen LogP contribution in [0.15, 0.2) is 43.1 Å². The van der Waals surface area contributed by atoms with Crippen LogP contribution in [-0.2, 0) is 7.05 Å². The van der Waals surface area contributed by atoms with E-state index in [-0.39, 0.29) is 6.10 Å². The second-order valence-corrected chi connectivity index (χ2v) is 9.35. The molecule has 10 nitrogen and oxygen atoms in total. The van der Waals surface area contributed by atoms with Crippen molar-refractivity contribution in [2.45, 2.75) is 38.8 Å². The molecule has 0 amide bonds. The first-order chi connectivity index (χ1) is 17.5. The lowest BCUT2D eigenvalue weighted by Gasteiger charge is -2.23. The molecule has 1 fully saturated rings. The molecule has 1 aliphatic heterocycles. The molecule has 0 aromatic carbocycles. The van der Waals surface area contributed by atoms with Crippen LogP contribution in [0, 0.1) is 18.3 Å². The van der Waals surface area contributed by atoms with E-state index >= 15 is 0 Å². The Morgan fingerprint density at radius 2 is 2.06 bits per heavy atom. The lowest BCUT2D eigenvalue weighted by molar-refractivity contribution is 0.230. The van der Waals surface area contributed by atoms with Crippen molar-refractivity contribution in [2.75, 3.05) is 13.1 Å². The van der Waals surface area contributed by atoms with Crippen LogP contribution < -0.4 is 10.1 Å². The van der Waals surface area contributed by atoms with E-state index in [9.17, 15) is 5.26 Å². The maximum absolute atomic E-state index is 9.72. The molecule has 0 bridgehead atoms. The zero-order valence-corrected chi connectivity index (χ0v) is 20.5. The molecular weight excluding hydrogens is 454 g/mol. The predicted molar refractivity (Wildman–Crippen MR) is 135 cm³/mol. The van der Waals surface area contributed by atoms with Crippen LogP contribution in [0.3, 0.4) is 0 Å². The second kappa shape index (κ2) is 8.77. The van der Waals surface area contributed by atoms with E-state index in [4.69, 9.17) is 4.74 Å². The standard InChI is InChI=1S/C26H27N9O/c1-16-25(31-32-35(16)20-4-7-28-8-5-20)18-10-24(26-19(11-27)12-30-34(26)15-18)36-17(2)22-13-29-14-23-21(22)6-9-33(23)3/h6,9-10,12-15,17,20,28H,4-5,7-8H2,1-3H3. The van der Waals surface area contributed by atoms with Crippen LogP contribution >= 0.6 is 0 Å². The first-order valence-corrected chi connectivity index (χ1v) is 12.1. The molecule has 0 radical (unpaired) electrons. The molecule has 182 valence electrons. The number of aryl methyl sites for hydroxylation is 1. The number of piperidine rings is 1. The molecule has 0 aliphatic carbocycles. The molecule has 5 aromatic heterocycles. The van der Waals surface area contributed by atoms with E-state index in [1.54, 1.807) is 10.7 Å². The van der Waals surface area contributed by atoms with Gasteiger partial charge in [-0.1, -0.05) is 5.21 Å². The van der Waals surface area contributed by atoms with Gasteiger partial charge in [-0.25, -0.2) is 9.20 Å². The van der Waals surface area contributed by atoms with Crippen LogP contribution in [0.25, 0.3) is 27.7 Å². The monoisotopic (exact) mass is 481 g/mol. The van der Waals surface area contributed by atoms with Crippen molar-refractivity contribution in [2.24, 2.45) is 7.05 Å². The molecule has 0 spiro atoms. The van der Waals surface area contributed by atoms with Gasteiger partial charge in [-0.2, -0.15) is 10.4 Å². The number of pyridine rings is 2. The van der Waals surface area contributed by atoms with E-state index in [1.165, 1.54) is 0 Å². The summed E-state index contributed by atoms with van der Waals surface area (Å²) in [5, 5.41) is 27.7. The Balaban J connectivity index is 1.43. The normalized spacial score (nSPS) is 15.4. The van der Waals surface area contributed by atoms with Crippen molar-refractivity contribution in [1.82, 2.24) is 39.5 Å². The molecule has 6 heterocycles. The molecule has 10 heteroatoms. The Bertz CT molecular complexity index is 1610. The third-order valence-corrected chi connectivity index (χ3v) is 7.14. The molecule has 1 aliphatic rings. The molecule has 1 unspecified atom stereocenters. The first kappa shape index (κ1) is 22.2. The molecule has 1 saturated heterocycles. The van der Waals surface area contributed by atoms with Crippen molar-refractivity contribution in [3.05, 3.63) is 59.9 Å². The molecular formula is C26H27N9O. The average molecular weight is 482 g/mol. The van der Waals surface area contributed by atoms with E-state index in [1.807, 2.05) is 54.1 Å². The quantitative estimate of drug-likeness (QED) is 0.407. The fraction of sp³-hybridized carbons (Fsp3) is 0.346. The molecule has 6 rings (SSSR count). The van der Waals surface area contributed by atoms with Gasteiger partial charge >= 0.3 is 0 Å². The number of fused-ring (bicyclic) bond motifs is 2. The highest BCUT2D eigenvalue weighted by atomic mass is 16.5. The number of nitrogens with zero attached hydrogens (tertiary/aromatic N) is 8. The number of nitrogens with one attached hydrogen (secondary N) is 1. The third kappa shape index (κ3) is 3.60. The zero-order chi connectivity index (χ0) is 24.8. The minimum absolute atomic E-state index is 0.310. The summed E-state index contributed by atoms with van der Waals surface area (Å²) in [4.78, 5) is 4.42. The van der Waals surface area contributed by atoms with Crippen molar-refractivity contribution in [3.8, 4) is 23.1 Å². The van der Waals surface area contributed by atoms with Gasteiger partial charge in [-0.3, -0.25) is 4.98 Å². The zero-order valence-electron chi connectivity index (χ0n) is 20.5. The van der Waals surface area contributed by atoms with Crippen molar-refractivity contribution in [1.29, 1.82) is 5.26 Å². The second-order valence-electron chi connectivity index (χ2n) is 9.35. The van der Waals surface area contributed by atoms with Gasteiger partial charge in [0.25, 0.3) is 0 Å². The van der Waals surface area contributed by atoms with Gasteiger partial charge in [0.15, 0.2) is 0 Å². The van der Waals surface area contributed by atoms with Crippen LogP contribution in [0.2, 0.25) is 0 Å². The minimum atomic E-state index is -0.310. The molecule has 5 aromatic rings. The van der Waals surface area contributed by atoms with Gasteiger partial charge in [0, 0.05) is 42.2 Å². The lowest BCUT2D eigenvalue weighted by Crippen LogP contribution is -2.30. The first-order valence-electron chi connectivity index (χ1n) is 12.1. The van der Waals surface area contributed by atoms with Gasteiger partial charge in [0.1, 0.15) is 34.7 Å². The number of hydrogen-bond donors (Lipinski definition) is 1. The summed E-state index contributed by atoms with van der Waals surface area (Å²) in [6.45, 7) is 6.01. The van der Waals surface area contributed by atoms with Gasteiger partial charge in [0.2, 0.25) is 0 Å². The predicted octanol–water partition coefficient (Wildman–Crippen LogP) is 3.72. The van der Waals surface area contributed by atoms with Crippen LogP contribution in [0.5, 0.6) is 5.75 Å². The number of ether oxygens (including phenoxy) is 1. The average Bonchev–Trinajstić information content (AvgIpc) is 3.61. The van der Waals surface area contributed by atoms with Gasteiger partial charge in [0.05, 0.1) is 29.6 Å². The number of aromatic nitrogens is 7. The molecule has 36 heavy (non-hydrogen) atoms. The highest BCUT2D eigenvalue weighted by Gasteiger charge is 2.23. The highest BCUT2D eigenvalue weighted by Crippen LogP contribution is 2.35. The minimum Gasteiger partial charge on any atom is -0.484 e. The maximum atomic E-state index is 9.72. The van der Waals surface area contributed by atoms with Crippen molar-refractivity contribution in [3.63, 3.8) is 0 Å². The van der Waals surface area contributed by atoms with E-state index in [0.717, 1.165) is 59.3 Å². The Morgan fingerprint density at radius 3 is 2.86 bits per heavy atom. The van der Waals surface area contributed by atoms with Gasteiger partial charge in [-0.15, -0.1) is 5.10 Å². The largest absolute Gasteiger partial charge is 0.484 e. The summed E-state index contributed by atoms with van der Waals surface area (Å²) in [5.74, 6) is 0.567. The number of hydrogen-bond acceptors (Lipinski definition) is 7. The van der Waals surface area contributed by atoms with Crippen LogP contribution in [0.1, 0.15) is 48.7 Å². The summed E-state index contributed by atoms with van der Waals surface area (Å²) in [6, 6.07) is 6.58. The maximum Gasteiger partial charge on any atom is 0.148 e. The Kier molecular flexibility index (Phi) is 5.42. The summed E-state index contributed by atoms with van der Waals surface area (Å²) >= 11 is 0. The fourth-order valence-electron chi connectivity index (χ4n) is 5.17. The van der Waals surface area contributed by atoms with Crippen LogP contribution in [0.4, 0.5) is 0 Å². The van der Waals surface area contributed by atoms with Gasteiger partial charge < -0.3 is 14.6 Å². The third-order valence-electron chi connectivity index (χ3n) is 7.14. The Labute approximate surface area is 208 Å². The molecule has 1 atom stereocenters. The smallest absolute Gasteiger partial charge is 0.148 e. The summed E-state index contributed by atoms with van der Waals surface area (Å²) in [6.07, 6.45) is 10.9. The summed E-state index contributed by atoms with van der Waals surface area (Å²) in [7, 11) is 2.00. The van der Waals surface area contributed by atoms with E-state index < -0.39 is 0 Å². The van der Waals surface area contributed by atoms with E-state index in [0.29, 0.717) is 22.9 Å². The number of nitriles is 1. The topological polar surface area (TPSA) is 111 Å².